The smallest absolute Gasteiger partial charge is 0.246 e. The SMILES string of the molecule is C=CC(=O)N1C[C@@H](C)N(c2nc(N3CC(N(C)C)C3)nc3c(F)c(-c4c(O)cccc4F)c(Cl)cc23)C[C@H]1C. The minimum absolute atomic E-state index is 0.0187. The molecule has 8 nitrogen and oxygen atoms in total. The molecule has 39 heavy (non-hydrogen) atoms. The van der Waals surface area contributed by atoms with E-state index < -0.39 is 17.4 Å². The molecule has 0 bridgehead atoms. The number of hydrogen-bond donors (Lipinski definition) is 1. The summed E-state index contributed by atoms with van der Waals surface area (Å²) in [6.45, 7) is 9.73. The molecule has 0 spiro atoms. The van der Waals surface area contributed by atoms with E-state index in [-0.39, 0.29) is 39.7 Å². The molecule has 1 amide bonds. The monoisotopic (exact) mass is 556 g/mol. The van der Waals surface area contributed by atoms with Crippen LogP contribution in [-0.4, -0.2) is 89.2 Å². The fourth-order valence-electron chi connectivity index (χ4n) is 5.31. The van der Waals surface area contributed by atoms with Gasteiger partial charge in [0, 0.05) is 55.3 Å². The number of benzene rings is 2. The first-order valence-electron chi connectivity index (χ1n) is 12.8. The third kappa shape index (κ3) is 4.65. The van der Waals surface area contributed by atoms with Gasteiger partial charge in [0.25, 0.3) is 0 Å². The van der Waals surface area contributed by atoms with Gasteiger partial charge >= 0.3 is 0 Å². The van der Waals surface area contributed by atoms with Crippen LogP contribution in [0.1, 0.15) is 13.8 Å². The second-order valence-electron chi connectivity index (χ2n) is 10.5. The standard InChI is InChI=1S/C28H31ClF2N6O2/c1-6-22(39)36-11-16(3)37(12-15(36)2)27-18-10-19(29)23(24-20(30)8-7-9-21(24)38)25(31)26(18)32-28(33-27)35-13-17(14-35)34(4)5/h6-10,15-17,38H,1,11-14H2,2-5H3/t15-,16-/m1/s1. The lowest BCUT2D eigenvalue weighted by molar-refractivity contribution is -0.128. The summed E-state index contributed by atoms with van der Waals surface area (Å²) in [6.07, 6.45) is 1.30. The first-order valence-corrected chi connectivity index (χ1v) is 13.2. The van der Waals surface area contributed by atoms with Gasteiger partial charge in [0.15, 0.2) is 5.82 Å². The highest BCUT2D eigenvalue weighted by atomic mass is 35.5. The van der Waals surface area contributed by atoms with E-state index in [4.69, 9.17) is 16.6 Å². The van der Waals surface area contributed by atoms with Crippen molar-refractivity contribution in [2.24, 2.45) is 0 Å². The summed E-state index contributed by atoms with van der Waals surface area (Å²) in [4.78, 5) is 29.7. The average molecular weight is 557 g/mol. The number of nitrogens with zero attached hydrogens (tertiary/aromatic N) is 6. The maximum atomic E-state index is 16.3. The van der Waals surface area contributed by atoms with E-state index >= 15 is 4.39 Å². The Hall–Kier alpha value is -3.50. The summed E-state index contributed by atoms with van der Waals surface area (Å²) >= 11 is 6.57. The van der Waals surface area contributed by atoms with Crippen LogP contribution >= 0.6 is 11.6 Å². The predicted octanol–water partition coefficient (Wildman–Crippen LogP) is 4.30. The van der Waals surface area contributed by atoms with Crippen LogP contribution in [0, 0.1) is 11.6 Å². The number of aromatic hydroxyl groups is 1. The zero-order valence-electron chi connectivity index (χ0n) is 22.3. The zero-order valence-corrected chi connectivity index (χ0v) is 23.1. The maximum Gasteiger partial charge on any atom is 0.246 e. The number of piperazine rings is 1. The second-order valence-corrected chi connectivity index (χ2v) is 10.9. The van der Waals surface area contributed by atoms with Gasteiger partial charge < -0.3 is 24.7 Å². The van der Waals surface area contributed by atoms with Gasteiger partial charge in [-0.25, -0.2) is 13.8 Å². The van der Waals surface area contributed by atoms with Gasteiger partial charge in [-0.15, -0.1) is 0 Å². The van der Waals surface area contributed by atoms with Crippen molar-refractivity contribution in [3.8, 4) is 16.9 Å². The van der Waals surface area contributed by atoms with Gasteiger partial charge in [-0.1, -0.05) is 24.2 Å². The molecule has 11 heteroatoms. The molecule has 2 aliphatic rings. The van der Waals surface area contributed by atoms with Crippen LogP contribution in [-0.2, 0) is 4.79 Å². The number of fused-ring (bicyclic) bond motifs is 1. The third-order valence-corrected chi connectivity index (χ3v) is 7.98. The molecule has 0 saturated carbocycles. The van der Waals surface area contributed by atoms with Crippen molar-refractivity contribution < 1.29 is 18.7 Å². The molecule has 206 valence electrons. The predicted molar refractivity (Wildman–Crippen MR) is 149 cm³/mol. The molecule has 3 aromatic rings. The van der Waals surface area contributed by atoms with Gasteiger partial charge in [-0.05, 0) is 52.2 Å². The molecular weight excluding hydrogens is 526 g/mol. The van der Waals surface area contributed by atoms with Crippen LogP contribution in [0.5, 0.6) is 5.75 Å². The lowest BCUT2D eigenvalue weighted by Crippen LogP contribution is -2.59. The number of likely N-dealkylation sites (N-methyl/N-ethyl adjacent to an activating group) is 1. The maximum absolute atomic E-state index is 16.3. The van der Waals surface area contributed by atoms with Crippen molar-refractivity contribution in [2.75, 3.05) is 50.1 Å². The molecule has 2 saturated heterocycles. The molecule has 2 atom stereocenters. The highest BCUT2D eigenvalue weighted by molar-refractivity contribution is 6.34. The zero-order chi connectivity index (χ0) is 28.2. The van der Waals surface area contributed by atoms with Crippen LogP contribution in [0.15, 0.2) is 36.9 Å². The van der Waals surface area contributed by atoms with Crippen molar-refractivity contribution >= 4 is 40.2 Å². The number of rotatable bonds is 5. The number of halogens is 3. The third-order valence-electron chi connectivity index (χ3n) is 7.68. The second kappa shape index (κ2) is 10.2. The van der Waals surface area contributed by atoms with Crippen LogP contribution in [0.2, 0.25) is 5.02 Å². The van der Waals surface area contributed by atoms with Crippen molar-refractivity contribution in [2.45, 2.75) is 32.0 Å². The molecule has 0 radical (unpaired) electrons. The van der Waals surface area contributed by atoms with Gasteiger partial charge in [0.05, 0.1) is 10.6 Å². The summed E-state index contributed by atoms with van der Waals surface area (Å²) in [5, 5.41) is 10.7. The summed E-state index contributed by atoms with van der Waals surface area (Å²) in [6, 6.07) is 5.28. The van der Waals surface area contributed by atoms with E-state index in [1.807, 2.05) is 37.7 Å². The lowest BCUT2D eigenvalue weighted by atomic mass is 10.00. The molecule has 0 unspecified atom stereocenters. The van der Waals surface area contributed by atoms with Crippen molar-refractivity contribution in [1.29, 1.82) is 0 Å². The summed E-state index contributed by atoms with van der Waals surface area (Å²) in [5.41, 5.74) is -0.596. The Balaban J connectivity index is 1.68. The first kappa shape index (κ1) is 27.1. The number of phenols is 1. The summed E-state index contributed by atoms with van der Waals surface area (Å²) in [5.74, 6) is -1.38. The largest absolute Gasteiger partial charge is 0.507 e. The number of carbonyl (C=O) groups excluding carboxylic acids is 1. The van der Waals surface area contributed by atoms with Gasteiger partial charge in [0.1, 0.15) is 22.9 Å². The summed E-state index contributed by atoms with van der Waals surface area (Å²) < 4.78 is 31.1. The Morgan fingerprint density at radius 3 is 2.49 bits per heavy atom. The van der Waals surface area contributed by atoms with Gasteiger partial charge in [-0.3, -0.25) is 4.79 Å². The Kier molecular flexibility index (Phi) is 7.11. The van der Waals surface area contributed by atoms with E-state index in [0.29, 0.717) is 49.4 Å². The molecule has 0 aliphatic carbocycles. The average Bonchev–Trinajstić information content (AvgIpc) is 2.85. The number of hydrogen-bond acceptors (Lipinski definition) is 7. The van der Waals surface area contributed by atoms with Crippen LogP contribution in [0.25, 0.3) is 22.0 Å². The Bertz CT molecular complexity index is 1440. The highest BCUT2D eigenvalue weighted by Gasteiger charge is 2.36. The highest BCUT2D eigenvalue weighted by Crippen LogP contribution is 2.43. The van der Waals surface area contributed by atoms with E-state index in [1.165, 1.54) is 24.3 Å². The fourth-order valence-corrected chi connectivity index (χ4v) is 5.60. The summed E-state index contributed by atoms with van der Waals surface area (Å²) in [7, 11) is 3.99. The van der Waals surface area contributed by atoms with Gasteiger partial charge in [0.2, 0.25) is 11.9 Å². The van der Waals surface area contributed by atoms with Crippen LogP contribution < -0.4 is 9.80 Å². The minimum Gasteiger partial charge on any atom is -0.507 e. The molecule has 5 rings (SSSR count). The van der Waals surface area contributed by atoms with Crippen LogP contribution in [0.4, 0.5) is 20.5 Å². The quantitative estimate of drug-likeness (QED) is 0.470. The number of carbonyl (C=O) groups is 1. The Morgan fingerprint density at radius 1 is 1.13 bits per heavy atom. The molecule has 3 heterocycles. The molecule has 2 aliphatic heterocycles. The van der Waals surface area contributed by atoms with Crippen molar-refractivity contribution in [3.05, 3.63) is 53.6 Å². The number of aromatic nitrogens is 2. The number of amides is 1. The van der Waals surface area contributed by atoms with Crippen molar-refractivity contribution in [1.82, 2.24) is 19.8 Å². The molecule has 1 N–H and O–H groups in total. The van der Waals surface area contributed by atoms with E-state index in [0.717, 1.165) is 6.07 Å². The normalized spacial score (nSPS) is 20.1. The van der Waals surface area contributed by atoms with Crippen molar-refractivity contribution in [3.63, 3.8) is 0 Å². The van der Waals surface area contributed by atoms with E-state index in [2.05, 4.69) is 16.5 Å². The molecular formula is C28H31ClF2N6O2. The van der Waals surface area contributed by atoms with Crippen LogP contribution in [0.3, 0.4) is 0 Å². The fraction of sp³-hybridized carbons (Fsp3) is 0.393. The minimum atomic E-state index is -0.839. The molecule has 2 aromatic carbocycles. The Morgan fingerprint density at radius 2 is 1.85 bits per heavy atom. The number of phenolic OH excluding ortho intramolecular Hbond substituents is 1. The Labute approximate surface area is 231 Å². The topological polar surface area (TPSA) is 76.0 Å². The molecule has 2 fully saturated rings. The van der Waals surface area contributed by atoms with E-state index in [9.17, 15) is 14.3 Å². The van der Waals surface area contributed by atoms with E-state index in [1.54, 1.807) is 4.90 Å². The lowest BCUT2D eigenvalue weighted by Gasteiger charge is -2.45. The molecule has 1 aromatic heterocycles. The van der Waals surface area contributed by atoms with Gasteiger partial charge in [-0.2, -0.15) is 4.98 Å². The first-order chi connectivity index (χ1) is 18.5. The number of anilines is 2.